The number of unbranched alkanes of at least 4 members (excludes halogenated alkanes) is 2. The Bertz CT molecular complexity index is 387. The van der Waals surface area contributed by atoms with Gasteiger partial charge in [-0.2, -0.15) is 11.8 Å². The Kier molecular flexibility index (Phi) is 8.30. The summed E-state index contributed by atoms with van der Waals surface area (Å²) in [5.41, 5.74) is 0.772. The fourth-order valence-corrected chi connectivity index (χ4v) is 2.88. The van der Waals surface area contributed by atoms with Crippen molar-refractivity contribution < 1.29 is 19.4 Å². The van der Waals surface area contributed by atoms with E-state index in [1.165, 1.54) is 7.11 Å². The Morgan fingerprint density at radius 1 is 1.55 bits per heavy atom. The lowest BCUT2D eigenvalue weighted by Gasteiger charge is -2.02. The second kappa shape index (κ2) is 9.77. The highest BCUT2D eigenvalue weighted by molar-refractivity contribution is 8.00. The second-order valence-corrected chi connectivity index (χ2v) is 5.95. The molecule has 1 atom stereocenters. The van der Waals surface area contributed by atoms with E-state index in [9.17, 15) is 9.59 Å². The molecule has 0 aliphatic heterocycles. The van der Waals surface area contributed by atoms with Crippen molar-refractivity contribution in [3.8, 4) is 0 Å². The van der Waals surface area contributed by atoms with E-state index in [0.717, 1.165) is 24.8 Å². The van der Waals surface area contributed by atoms with Gasteiger partial charge < -0.3 is 9.84 Å². The van der Waals surface area contributed by atoms with Crippen LogP contribution in [0.2, 0.25) is 0 Å². The van der Waals surface area contributed by atoms with Crippen LogP contribution in [-0.4, -0.2) is 41.6 Å². The lowest BCUT2D eigenvalue weighted by molar-refractivity contribution is -0.140. The Hall–Kier alpha value is -1.07. The molecule has 1 unspecified atom stereocenters. The van der Waals surface area contributed by atoms with Crippen LogP contribution >= 0.6 is 11.8 Å². The standard InChI is InChI=1S/C15H22O4S/c1-19-15(18)7-5-3-2-4-6-12-10-13(11-14(12)17)20-9-8-16/h4,6,10,13,16H,2-3,5,7-9,11H2,1H3. The summed E-state index contributed by atoms with van der Waals surface area (Å²) in [6, 6.07) is 0. The van der Waals surface area contributed by atoms with Crippen molar-refractivity contribution in [3.63, 3.8) is 0 Å². The number of methoxy groups -OCH3 is 1. The second-order valence-electron chi connectivity index (χ2n) is 4.61. The number of hydrogen-bond acceptors (Lipinski definition) is 5. The van der Waals surface area contributed by atoms with Gasteiger partial charge in [-0.3, -0.25) is 9.59 Å². The van der Waals surface area contributed by atoms with Crippen molar-refractivity contribution in [3.05, 3.63) is 23.8 Å². The van der Waals surface area contributed by atoms with E-state index in [-0.39, 0.29) is 23.6 Å². The topological polar surface area (TPSA) is 63.6 Å². The number of carbonyl (C=O) groups is 2. The lowest BCUT2D eigenvalue weighted by atomic mass is 10.1. The van der Waals surface area contributed by atoms with Crippen LogP contribution in [0.25, 0.3) is 0 Å². The highest BCUT2D eigenvalue weighted by atomic mass is 32.2. The third-order valence-electron chi connectivity index (χ3n) is 3.02. The average molecular weight is 298 g/mol. The fraction of sp³-hybridized carbons (Fsp3) is 0.600. The molecule has 0 radical (unpaired) electrons. The maximum atomic E-state index is 11.7. The third-order valence-corrected chi connectivity index (χ3v) is 4.17. The van der Waals surface area contributed by atoms with E-state index in [4.69, 9.17) is 5.11 Å². The molecule has 0 saturated carbocycles. The van der Waals surface area contributed by atoms with E-state index in [1.54, 1.807) is 11.8 Å². The van der Waals surface area contributed by atoms with Crippen LogP contribution < -0.4 is 0 Å². The van der Waals surface area contributed by atoms with Crippen molar-refractivity contribution in [1.82, 2.24) is 0 Å². The zero-order chi connectivity index (χ0) is 14.8. The molecule has 0 spiro atoms. The van der Waals surface area contributed by atoms with E-state index in [2.05, 4.69) is 4.74 Å². The average Bonchev–Trinajstić information content (AvgIpc) is 2.80. The molecule has 0 amide bonds. The molecular weight excluding hydrogens is 276 g/mol. The number of Topliss-reactive ketones (excluding diaryl/α,β-unsaturated/α-hetero) is 1. The van der Waals surface area contributed by atoms with Gasteiger partial charge in [-0.25, -0.2) is 0 Å². The van der Waals surface area contributed by atoms with E-state index in [1.807, 2.05) is 18.2 Å². The summed E-state index contributed by atoms with van der Waals surface area (Å²) in [6.07, 6.45) is 9.40. The first-order valence-corrected chi connectivity index (χ1v) is 7.93. The minimum atomic E-state index is -0.175. The largest absolute Gasteiger partial charge is 0.469 e. The van der Waals surface area contributed by atoms with Gasteiger partial charge in [0.1, 0.15) is 0 Å². The van der Waals surface area contributed by atoms with E-state index in [0.29, 0.717) is 18.6 Å². The molecule has 1 aliphatic rings. The molecule has 5 heteroatoms. The van der Waals surface area contributed by atoms with Gasteiger partial charge in [0.2, 0.25) is 0 Å². The summed E-state index contributed by atoms with van der Waals surface area (Å²) < 4.78 is 4.57. The summed E-state index contributed by atoms with van der Waals surface area (Å²) in [5, 5.41) is 8.97. The molecule has 0 fully saturated rings. The molecule has 112 valence electrons. The van der Waals surface area contributed by atoms with Gasteiger partial charge in [0.25, 0.3) is 0 Å². The normalized spacial score (nSPS) is 18.6. The molecule has 0 heterocycles. The molecule has 0 aromatic rings. The van der Waals surface area contributed by atoms with Gasteiger partial charge in [0, 0.05) is 29.4 Å². The Morgan fingerprint density at radius 2 is 2.35 bits per heavy atom. The van der Waals surface area contributed by atoms with Crippen LogP contribution in [0.3, 0.4) is 0 Å². The van der Waals surface area contributed by atoms with Crippen molar-refractivity contribution in [2.24, 2.45) is 0 Å². The number of ether oxygens (including phenoxy) is 1. The number of aliphatic hydroxyl groups is 1. The predicted octanol–water partition coefficient (Wildman–Crippen LogP) is 2.27. The minimum absolute atomic E-state index is 0.147. The van der Waals surface area contributed by atoms with Crippen molar-refractivity contribution in [1.29, 1.82) is 0 Å². The van der Waals surface area contributed by atoms with Crippen molar-refractivity contribution in [2.45, 2.75) is 37.4 Å². The molecular formula is C15H22O4S. The maximum absolute atomic E-state index is 11.7. The van der Waals surface area contributed by atoms with Gasteiger partial charge in [0.15, 0.2) is 5.78 Å². The molecule has 0 saturated heterocycles. The van der Waals surface area contributed by atoms with Crippen LogP contribution in [0.1, 0.15) is 32.1 Å². The molecule has 0 aromatic heterocycles. The fourth-order valence-electron chi connectivity index (χ4n) is 1.96. The molecule has 1 rings (SSSR count). The number of allylic oxidation sites excluding steroid dienone is 3. The quantitative estimate of drug-likeness (QED) is 0.522. The number of hydrogen-bond donors (Lipinski definition) is 1. The third kappa shape index (κ3) is 6.39. The summed E-state index contributed by atoms with van der Waals surface area (Å²) in [5.74, 6) is 0.663. The first-order valence-electron chi connectivity index (χ1n) is 6.88. The van der Waals surface area contributed by atoms with Crippen LogP contribution in [0.5, 0.6) is 0 Å². The first-order chi connectivity index (χ1) is 9.67. The maximum Gasteiger partial charge on any atom is 0.305 e. The van der Waals surface area contributed by atoms with Crippen LogP contribution in [-0.2, 0) is 14.3 Å². The molecule has 1 aliphatic carbocycles. The Labute approximate surface area is 124 Å². The van der Waals surface area contributed by atoms with Gasteiger partial charge in [-0.1, -0.05) is 18.2 Å². The molecule has 0 bridgehead atoms. The SMILES string of the molecule is COC(=O)CCCCC=CC1=CC(SCCO)CC1=O. The predicted molar refractivity (Wildman–Crippen MR) is 80.7 cm³/mol. The number of rotatable bonds is 9. The zero-order valence-electron chi connectivity index (χ0n) is 11.8. The zero-order valence-corrected chi connectivity index (χ0v) is 12.7. The highest BCUT2D eigenvalue weighted by Crippen LogP contribution is 2.26. The summed E-state index contributed by atoms with van der Waals surface area (Å²) in [7, 11) is 1.39. The van der Waals surface area contributed by atoms with Gasteiger partial charge >= 0.3 is 5.97 Å². The summed E-state index contributed by atoms with van der Waals surface area (Å²) in [6.45, 7) is 0.147. The highest BCUT2D eigenvalue weighted by Gasteiger charge is 2.22. The van der Waals surface area contributed by atoms with Crippen LogP contribution in [0.15, 0.2) is 23.8 Å². The molecule has 20 heavy (non-hydrogen) atoms. The van der Waals surface area contributed by atoms with Gasteiger partial charge in [-0.05, 0) is 19.3 Å². The number of ketones is 1. The van der Waals surface area contributed by atoms with Gasteiger partial charge in [-0.15, -0.1) is 0 Å². The number of aliphatic hydroxyl groups excluding tert-OH is 1. The van der Waals surface area contributed by atoms with Crippen LogP contribution in [0, 0.1) is 0 Å². The summed E-state index contributed by atoms with van der Waals surface area (Å²) >= 11 is 1.61. The van der Waals surface area contributed by atoms with E-state index < -0.39 is 0 Å². The van der Waals surface area contributed by atoms with Crippen molar-refractivity contribution >= 4 is 23.5 Å². The summed E-state index contributed by atoms with van der Waals surface area (Å²) in [4.78, 5) is 22.6. The monoisotopic (exact) mass is 298 g/mol. The molecule has 4 nitrogen and oxygen atoms in total. The minimum Gasteiger partial charge on any atom is -0.469 e. The van der Waals surface area contributed by atoms with Crippen LogP contribution in [0.4, 0.5) is 0 Å². The van der Waals surface area contributed by atoms with Crippen molar-refractivity contribution in [2.75, 3.05) is 19.5 Å². The number of esters is 1. The Morgan fingerprint density at radius 3 is 3.05 bits per heavy atom. The Balaban J connectivity index is 2.24. The van der Waals surface area contributed by atoms with Gasteiger partial charge in [0.05, 0.1) is 13.7 Å². The molecule has 1 N–H and O–H groups in total. The smallest absolute Gasteiger partial charge is 0.305 e. The number of carbonyl (C=O) groups excluding carboxylic acids is 2. The lowest BCUT2D eigenvalue weighted by Crippen LogP contribution is -2.01. The first kappa shape index (κ1) is 17.0. The molecule has 0 aromatic carbocycles. The number of thioether (sulfide) groups is 1. The van der Waals surface area contributed by atoms with E-state index >= 15 is 0 Å².